The molecule has 0 aliphatic rings. The fraction of sp³-hybridized carbons (Fsp3) is 0.250. The molecule has 0 amide bonds. The van der Waals surface area contributed by atoms with Gasteiger partial charge in [0.05, 0.1) is 0 Å². The van der Waals surface area contributed by atoms with E-state index in [1.54, 1.807) is 0 Å². The van der Waals surface area contributed by atoms with Crippen molar-refractivity contribution in [2.45, 2.75) is 41.5 Å². The van der Waals surface area contributed by atoms with Crippen LogP contribution < -0.4 is 0 Å². The van der Waals surface area contributed by atoms with Crippen molar-refractivity contribution >= 4 is 84.4 Å². The Morgan fingerprint density at radius 2 is 1.47 bits per heavy atom. The summed E-state index contributed by atoms with van der Waals surface area (Å²) >= 11 is 0.692. The van der Waals surface area contributed by atoms with Crippen LogP contribution in [0.2, 0.25) is 0 Å². The Balaban J connectivity index is 0.000000209. The van der Waals surface area contributed by atoms with Crippen LogP contribution in [0.15, 0.2) is 72.5 Å². The van der Waals surface area contributed by atoms with Crippen LogP contribution in [0.4, 0.5) is 0 Å². The Morgan fingerprint density at radius 3 is 2.13 bits per heavy atom. The van der Waals surface area contributed by atoms with E-state index in [9.17, 15) is 9.90 Å². The molecule has 3 heterocycles. The molecule has 197 valence electrons. The molecule has 1 radical (unpaired) electrons. The average molecular weight is 811 g/mol. The summed E-state index contributed by atoms with van der Waals surface area (Å²) in [5.74, 6) is 0.104. The second-order valence-corrected chi connectivity index (χ2v) is 15.9. The normalized spacial score (nSPS) is 12.6. The van der Waals surface area contributed by atoms with Crippen LogP contribution in [0.25, 0.3) is 49.6 Å². The van der Waals surface area contributed by atoms with Crippen LogP contribution in [0.3, 0.4) is 0 Å². The van der Waals surface area contributed by atoms with Gasteiger partial charge >= 0.3 is 150 Å². The monoisotopic (exact) mass is 813 g/mol. The number of allylic oxidation sites excluding steroid dienone is 2. The van der Waals surface area contributed by atoms with Gasteiger partial charge in [0, 0.05) is 37.0 Å². The number of benzene rings is 3. The fourth-order valence-electron chi connectivity index (χ4n) is 4.07. The van der Waals surface area contributed by atoms with Gasteiger partial charge in [-0.15, -0.1) is 0 Å². The molecule has 6 heteroatoms. The first-order chi connectivity index (χ1) is 17.4. The van der Waals surface area contributed by atoms with Gasteiger partial charge in [0.25, 0.3) is 0 Å². The van der Waals surface area contributed by atoms with Crippen LogP contribution in [-0.2, 0) is 24.9 Å². The van der Waals surface area contributed by atoms with E-state index in [1.165, 1.54) is 44.7 Å². The Morgan fingerprint density at radius 1 is 0.842 bits per heavy atom. The zero-order valence-electron chi connectivity index (χ0n) is 22.3. The number of aliphatic hydroxyl groups excluding tert-OH is 1. The number of carbonyl (C=O) groups excluding carboxylic acids is 1. The number of carbonyl (C=O) groups is 1. The fourth-order valence-corrected chi connectivity index (χ4v) is 9.16. The molecule has 0 saturated heterocycles. The predicted molar refractivity (Wildman–Crippen MR) is 159 cm³/mol. The first-order valence-electron chi connectivity index (χ1n) is 12.3. The summed E-state index contributed by atoms with van der Waals surface area (Å²) < 4.78 is 5.88. The molecule has 6 rings (SSSR count). The van der Waals surface area contributed by atoms with Gasteiger partial charge in [0.15, 0.2) is 5.78 Å². The second-order valence-electron chi connectivity index (χ2n) is 11.3. The summed E-state index contributed by atoms with van der Waals surface area (Å²) in [5, 5.41) is 14.9. The molecular weight excluding hydrogens is 780 g/mol. The van der Waals surface area contributed by atoms with Gasteiger partial charge in [0.1, 0.15) is 5.76 Å². The van der Waals surface area contributed by atoms with Crippen molar-refractivity contribution in [3.05, 3.63) is 78.6 Å². The number of nitrogens with zero attached hydrogens (tertiary/aromatic N) is 1. The first kappa shape index (κ1) is 29.0. The summed E-state index contributed by atoms with van der Waals surface area (Å²) in [6, 6.07) is 25.5. The number of pyridine rings is 1. The minimum absolute atomic E-state index is 0. The van der Waals surface area contributed by atoms with E-state index in [-0.39, 0.29) is 51.6 Å². The molecule has 0 bridgehead atoms. The van der Waals surface area contributed by atoms with Gasteiger partial charge in [-0.3, -0.25) is 4.79 Å². The number of para-hydroxylation sites is 1. The molecule has 0 saturated carbocycles. The van der Waals surface area contributed by atoms with Gasteiger partial charge in [-0.2, -0.15) is 0 Å². The third-order valence-corrected chi connectivity index (χ3v) is 11.0. The summed E-state index contributed by atoms with van der Waals surface area (Å²) in [4.78, 5) is 16.5. The Hall–Kier alpha value is -2.03. The molecule has 6 aromatic rings. The van der Waals surface area contributed by atoms with Gasteiger partial charge in [0.2, 0.25) is 0 Å². The van der Waals surface area contributed by atoms with Gasteiger partial charge in [-0.1, -0.05) is 41.5 Å². The van der Waals surface area contributed by atoms with E-state index < -0.39 is 5.41 Å². The van der Waals surface area contributed by atoms with E-state index >= 15 is 0 Å². The number of rotatable bonds is 1. The van der Waals surface area contributed by atoms with Crippen LogP contribution in [0.5, 0.6) is 0 Å². The number of hydrogen-bond donors (Lipinski definition) is 1. The van der Waals surface area contributed by atoms with Crippen molar-refractivity contribution < 1.29 is 30.0 Å². The second kappa shape index (κ2) is 10.9. The molecule has 0 atom stereocenters. The summed E-state index contributed by atoms with van der Waals surface area (Å²) in [7, 11) is 0. The Bertz CT molecular complexity index is 1830. The molecule has 0 spiro atoms. The molecular formula is C32H30IrNO2Se2-. The summed E-state index contributed by atoms with van der Waals surface area (Å²) in [6.07, 6.45) is 1.33. The molecule has 3 aromatic heterocycles. The van der Waals surface area contributed by atoms with Crippen molar-refractivity contribution in [2.24, 2.45) is 10.8 Å². The van der Waals surface area contributed by atoms with Crippen molar-refractivity contribution in [3.8, 4) is 0 Å². The number of fused-ring (bicyclic) bond motifs is 3. The third kappa shape index (κ3) is 5.63. The van der Waals surface area contributed by atoms with E-state index in [0.29, 0.717) is 14.5 Å². The van der Waals surface area contributed by atoms with Gasteiger partial charge in [-0.05, 0) is 0 Å². The number of ketones is 1. The average Bonchev–Trinajstić information content (AvgIpc) is 3.16. The first-order valence-corrected chi connectivity index (χ1v) is 15.8. The Labute approximate surface area is 248 Å². The van der Waals surface area contributed by atoms with Crippen molar-refractivity contribution in [3.63, 3.8) is 0 Å². The van der Waals surface area contributed by atoms with Gasteiger partial charge in [-0.25, -0.2) is 0 Å². The molecule has 0 aliphatic carbocycles. The molecule has 0 fully saturated rings. The van der Waals surface area contributed by atoms with Crippen molar-refractivity contribution in [1.29, 1.82) is 0 Å². The summed E-state index contributed by atoms with van der Waals surface area (Å²) in [5.41, 5.74) is 1.46. The van der Waals surface area contributed by atoms with Crippen LogP contribution >= 0.6 is 0 Å². The Kier molecular flexibility index (Phi) is 8.27. The van der Waals surface area contributed by atoms with E-state index in [4.69, 9.17) is 4.98 Å². The van der Waals surface area contributed by atoms with Crippen LogP contribution in [0, 0.1) is 16.9 Å². The SMILES string of the molecule is CC(C)(C)C(=O)/C=C(\O)C(C)(C)C.[Ir].[c-]1ccc2[se]c3cccc4[se]c5cc6ccccc6nc5c1c2c43. The molecule has 1 N–H and O–H groups in total. The zero-order chi connectivity index (χ0) is 26.5. The van der Waals surface area contributed by atoms with Crippen LogP contribution in [-0.4, -0.2) is 44.9 Å². The quantitative estimate of drug-likeness (QED) is 0.0798. The number of aliphatic hydroxyl groups is 1. The van der Waals surface area contributed by atoms with Crippen molar-refractivity contribution in [1.82, 2.24) is 4.98 Å². The van der Waals surface area contributed by atoms with E-state index in [0.717, 1.165) is 11.0 Å². The molecule has 0 unspecified atom stereocenters. The minimum atomic E-state index is -0.417. The van der Waals surface area contributed by atoms with E-state index in [1.807, 2.05) is 41.5 Å². The molecule has 0 aliphatic heterocycles. The van der Waals surface area contributed by atoms with Gasteiger partial charge < -0.3 is 5.11 Å². The number of aromatic nitrogens is 1. The standard InChI is InChI=1S/C21H10NSe2.C11H20O2.Ir/c1-2-7-14-12(5-1)11-18-21(22-14)13-6-3-8-15-19(13)20-16(23-15)9-4-10-17(20)24-18;1-10(2,3)8(12)7-9(13)11(4,5)6;/h1-5,7-11H;7,12H,1-6H3;/q-1;;/b;8-7-;. The summed E-state index contributed by atoms with van der Waals surface area (Å²) in [6.45, 7) is 11.1. The maximum atomic E-state index is 11.5. The van der Waals surface area contributed by atoms with Crippen molar-refractivity contribution in [2.75, 3.05) is 0 Å². The molecule has 38 heavy (non-hydrogen) atoms. The van der Waals surface area contributed by atoms with E-state index in [2.05, 4.69) is 66.7 Å². The molecule has 3 nitrogen and oxygen atoms in total. The van der Waals surface area contributed by atoms with Crippen LogP contribution in [0.1, 0.15) is 41.5 Å². The number of hydrogen-bond acceptors (Lipinski definition) is 3. The third-order valence-electron chi connectivity index (χ3n) is 6.34. The zero-order valence-corrected chi connectivity index (χ0v) is 28.1. The molecule has 3 aromatic carbocycles. The predicted octanol–water partition coefficient (Wildman–Crippen LogP) is 7.85. The topological polar surface area (TPSA) is 50.2 Å². The maximum absolute atomic E-state index is 11.5.